The fourth-order valence-electron chi connectivity index (χ4n) is 3.40. The van der Waals surface area contributed by atoms with E-state index >= 15 is 0 Å². The molecule has 0 amide bonds. The Morgan fingerprint density at radius 1 is 1.38 bits per heavy atom. The molecule has 1 aromatic rings. The van der Waals surface area contributed by atoms with E-state index in [0.29, 0.717) is 12.1 Å². The van der Waals surface area contributed by atoms with Gasteiger partial charge < -0.3 is 10.1 Å². The van der Waals surface area contributed by atoms with Crippen LogP contribution in [-0.4, -0.2) is 35.6 Å². The maximum atomic E-state index is 5.92. The SMILES string of the molecule is CCCC(OCC)C(Cc1ccn(C2CCCC2)n1)NC. The smallest absolute Gasteiger partial charge is 0.0731 e. The first-order valence-electron chi connectivity index (χ1n) is 8.61. The molecule has 1 N–H and O–H groups in total. The number of ether oxygens (including phenoxy) is 1. The van der Waals surface area contributed by atoms with Crippen molar-refractivity contribution in [2.75, 3.05) is 13.7 Å². The molecule has 1 fully saturated rings. The summed E-state index contributed by atoms with van der Waals surface area (Å²) in [5, 5.41) is 8.23. The molecule has 0 bridgehead atoms. The fourth-order valence-corrected chi connectivity index (χ4v) is 3.40. The van der Waals surface area contributed by atoms with Gasteiger partial charge >= 0.3 is 0 Å². The number of hydrogen-bond donors (Lipinski definition) is 1. The topological polar surface area (TPSA) is 39.1 Å². The lowest BCUT2D eigenvalue weighted by Crippen LogP contribution is -2.41. The van der Waals surface area contributed by atoms with E-state index in [2.05, 4.69) is 36.1 Å². The van der Waals surface area contributed by atoms with Gasteiger partial charge in [-0.25, -0.2) is 0 Å². The van der Waals surface area contributed by atoms with Crippen LogP contribution in [0.25, 0.3) is 0 Å². The zero-order valence-electron chi connectivity index (χ0n) is 13.8. The second kappa shape index (κ2) is 8.54. The van der Waals surface area contributed by atoms with Crippen LogP contribution in [0.4, 0.5) is 0 Å². The summed E-state index contributed by atoms with van der Waals surface area (Å²) in [4.78, 5) is 0. The molecule has 2 rings (SSSR count). The Hall–Kier alpha value is -0.870. The molecule has 1 aromatic heterocycles. The summed E-state index contributed by atoms with van der Waals surface area (Å²) in [6, 6.07) is 3.15. The van der Waals surface area contributed by atoms with Crippen LogP contribution in [0.5, 0.6) is 0 Å². The van der Waals surface area contributed by atoms with E-state index in [1.54, 1.807) is 0 Å². The number of hydrogen-bond acceptors (Lipinski definition) is 3. The minimum Gasteiger partial charge on any atom is -0.377 e. The molecule has 1 heterocycles. The minimum absolute atomic E-state index is 0.279. The standard InChI is InChI=1S/C17H31N3O/c1-4-8-17(21-5-2)16(18-3)13-14-11-12-20(19-14)15-9-6-7-10-15/h11-12,15-18H,4-10,13H2,1-3H3. The normalized spacial score (nSPS) is 19.0. The first-order chi connectivity index (χ1) is 10.3. The number of nitrogens with zero attached hydrogens (tertiary/aromatic N) is 2. The third-order valence-corrected chi connectivity index (χ3v) is 4.56. The molecule has 120 valence electrons. The lowest BCUT2D eigenvalue weighted by Gasteiger charge is -2.26. The predicted molar refractivity (Wildman–Crippen MR) is 86.6 cm³/mol. The van der Waals surface area contributed by atoms with Gasteiger partial charge in [0, 0.05) is 25.3 Å². The Bertz CT molecular complexity index is 392. The molecular formula is C17H31N3O. The Labute approximate surface area is 129 Å². The van der Waals surface area contributed by atoms with Gasteiger partial charge in [0.15, 0.2) is 0 Å². The summed E-state index contributed by atoms with van der Waals surface area (Å²) in [5.41, 5.74) is 1.18. The molecular weight excluding hydrogens is 262 g/mol. The Morgan fingerprint density at radius 3 is 2.76 bits per heavy atom. The average Bonchev–Trinajstić information content (AvgIpc) is 3.15. The van der Waals surface area contributed by atoms with Gasteiger partial charge in [0.1, 0.15) is 0 Å². The van der Waals surface area contributed by atoms with Gasteiger partial charge in [0.25, 0.3) is 0 Å². The van der Waals surface area contributed by atoms with Crippen molar-refractivity contribution in [2.24, 2.45) is 0 Å². The van der Waals surface area contributed by atoms with Crippen LogP contribution in [0.15, 0.2) is 12.3 Å². The van der Waals surface area contributed by atoms with Crippen molar-refractivity contribution in [3.8, 4) is 0 Å². The predicted octanol–water partition coefficient (Wildman–Crippen LogP) is 3.33. The molecule has 1 aliphatic rings. The highest BCUT2D eigenvalue weighted by Gasteiger charge is 2.22. The lowest BCUT2D eigenvalue weighted by molar-refractivity contribution is 0.0298. The first kappa shape index (κ1) is 16.5. The van der Waals surface area contributed by atoms with E-state index in [0.717, 1.165) is 25.9 Å². The first-order valence-corrected chi connectivity index (χ1v) is 8.61. The number of aromatic nitrogens is 2. The van der Waals surface area contributed by atoms with Crippen molar-refractivity contribution in [1.82, 2.24) is 15.1 Å². The van der Waals surface area contributed by atoms with Crippen LogP contribution >= 0.6 is 0 Å². The molecule has 2 atom stereocenters. The summed E-state index contributed by atoms with van der Waals surface area (Å²) in [7, 11) is 2.03. The fraction of sp³-hybridized carbons (Fsp3) is 0.824. The van der Waals surface area contributed by atoms with Gasteiger partial charge in [-0.2, -0.15) is 5.10 Å². The molecule has 21 heavy (non-hydrogen) atoms. The van der Waals surface area contributed by atoms with Crippen molar-refractivity contribution in [2.45, 2.75) is 77.0 Å². The maximum absolute atomic E-state index is 5.92. The average molecular weight is 293 g/mol. The molecule has 0 saturated heterocycles. The van der Waals surface area contributed by atoms with Crippen molar-refractivity contribution in [1.29, 1.82) is 0 Å². The highest BCUT2D eigenvalue weighted by molar-refractivity contribution is 5.04. The largest absolute Gasteiger partial charge is 0.377 e. The van der Waals surface area contributed by atoms with Gasteiger partial charge in [-0.15, -0.1) is 0 Å². The quantitative estimate of drug-likeness (QED) is 0.759. The third-order valence-electron chi connectivity index (χ3n) is 4.56. The second-order valence-corrected chi connectivity index (χ2v) is 6.11. The van der Waals surface area contributed by atoms with E-state index in [1.165, 1.54) is 31.4 Å². The lowest BCUT2D eigenvalue weighted by atomic mass is 10.0. The van der Waals surface area contributed by atoms with Crippen LogP contribution in [0, 0.1) is 0 Å². The monoisotopic (exact) mass is 293 g/mol. The van der Waals surface area contributed by atoms with Gasteiger partial charge in [0.2, 0.25) is 0 Å². The second-order valence-electron chi connectivity index (χ2n) is 6.11. The Balaban J connectivity index is 1.96. The van der Waals surface area contributed by atoms with E-state index in [1.807, 2.05) is 7.05 Å². The van der Waals surface area contributed by atoms with Crippen molar-refractivity contribution in [3.05, 3.63) is 18.0 Å². The van der Waals surface area contributed by atoms with E-state index in [4.69, 9.17) is 9.84 Å². The van der Waals surface area contributed by atoms with Crippen LogP contribution in [-0.2, 0) is 11.2 Å². The summed E-state index contributed by atoms with van der Waals surface area (Å²) in [6.07, 6.45) is 10.9. The summed E-state index contributed by atoms with van der Waals surface area (Å²) in [6.45, 7) is 5.07. The highest BCUT2D eigenvalue weighted by atomic mass is 16.5. The Morgan fingerprint density at radius 2 is 2.14 bits per heavy atom. The summed E-state index contributed by atoms with van der Waals surface area (Å²) in [5.74, 6) is 0. The van der Waals surface area contributed by atoms with E-state index in [-0.39, 0.29) is 6.10 Å². The van der Waals surface area contributed by atoms with E-state index < -0.39 is 0 Å². The molecule has 0 aliphatic heterocycles. The number of nitrogens with one attached hydrogen (secondary N) is 1. The van der Waals surface area contributed by atoms with Gasteiger partial charge in [-0.3, -0.25) is 4.68 Å². The minimum atomic E-state index is 0.279. The molecule has 4 heteroatoms. The van der Waals surface area contributed by atoms with E-state index in [9.17, 15) is 0 Å². The maximum Gasteiger partial charge on any atom is 0.0731 e. The van der Waals surface area contributed by atoms with Crippen molar-refractivity contribution >= 4 is 0 Å². The Kier molecular flexibility index (Phi) is 6.71. The number of likely N-dealkylation sites (N-methyl/N-ethyl adjacent to an activating group) is 1. The molecule has 0 radical (unpaired) electrons. The number of rotatable bonds is 9. The van der Waals surface area contributed by atoms with Crippen LogP contribution in [0.2, 0.25) is 0 Å². The molecule has 0 spiro atoms. The van der Waals surface area contributed by atoms with Crippen LogP contribution in [0.3, 0.4) is 0 Å². The van der Waals surface area contributed by atoms with Crippen LogP contribution in [0.1, 0.15) is 64.1 Å². The van der Waals surface area contributed by atoms with Crippen molar-refractivity contribution in [3.63, 3.8) is 0 Å². The zero-order chi connectivity index (χ0) is 15.1. The van der Waals surface area contributed by atoms with Crippen molar-refractivity contribution < 1.29 is 4.74 Å². The van der Waals surface area contributed by atoms with Crippen LogP contribution < -0.4 is 5.32 Å². The highest BCUT2D eigenvalue weighted by Crippen LogP contribution is 2.28. The summed E-state index contributed by atoms with van der Waals surface area (Å²) >= 11 is 0. The molecule has 1 saturated carbocycles. The summed E-state index contributed by atoms with van der Waals surface area (Å²) < 4.78 is 8.10. The zero-order valence-corrected chi connectivity index (χ0v) is 13.8. The van der Waals surface area contributed by atoms with Gasteiger partial charge in [0.05, 0.1) is 17.8 Å². The van der Waals surface area contributed by atoms with Gasteiger partial charge in [-0.05, 0) is 39.3 Å². The molecule has 2 unspecified atom stereocenters. The molecule has 4 nitrogen and oxygen atoms in total. The molecule has 1 aliphatic carbocycles. The third kappa shape index (κ3) is 4.55. The van der Waals surface area contributed by atoms with Gasteiger partial charge in [-0.1, -0.05) is 26.2 Å². The molecule has 0 aromatic carbocycles.